The van der Waals surface area contributed by atoms with Crippen molar-refractivity contribution in [1.29, 1.82) is 0 Å². The maximum absolute atomic E-state index is 10.6. The summed E-state index contributed by atoms with van der Waals surface area (Å²) >= 11 is 12.3. The normalized spacial score (nSPS) is 10.8. The second kappa shape index (κ2) is 9.16. The highest BCUT2D eigenvalue weighted by molar-refractivity contribution is 6.35. The van der Waals surface area contributed by atoms with E-state index in [1.165, 1.54) is 12.1 Å². The van der Waals surface area contributed by atoms with Crippen LogP contribution in [0, 0.1) is 10.1 Å². The molecule has 0 aliphatic carbocycles. The zero-order valence-electron chi connectivity index (χ0n) is 14.4. The summed E-state index contributed by atoms with van der Waals surface area (Å²) in [7, 11) is 0. The highest BCUT2D eigenvalue weighted by atomic mass is 35.5. The van der Waals surface area contributed by atoms with Gasteiger partial charge in [0, 0.05) is 21.7 Å². The molecular formula is C19H14Cl2N4O3. The number of nitrogens with zero attached hydrogens (tertiary/aromatic N) is 3. The zero-order valence-corrected chi connectivity index (χ0v) is 15.9. The molecule has 0 radical (unpaired) electrons. The minimum Gasteiger partial charge on any atom is -0.489 e. The minimum atomic E-state index is -0.511. The highest BCUT2D eigenvalue weighted by Crippen LogP contribution is 2.25. The van der Waals surface area contributed by atoms with Crippen LogP contribution in [0.2, 0.25) is 10.0 Å². The summed E-state index contributed by atoms with van der Waals surface area (Å²) in [5.41, 5.74) is 4.19. The number of hydrogen-bond acceptors (Lipinski definition) is 6. The van der Waals surface area contributed by atoms with Crippen LogP contribution in [0.1, 0.15) is 11.1 Å². The lowest BCUT2D eigenvalue weighted by Gasteiger charge is -2.09. The van der Waals surface area contributed by atoms with Crippen LogP contribution in [0.3, 0.4) is 0 Å². The van der Waals surface area contributed by atoms with Crippen molar-refractivity contribution >= 4 is 40.9 Å². The Hall–Kier alpha value is -3.16. The first-order chi connectivity index (χ1) is 13.5. The number of rotatable bonds is 7. The largest absolute Gasteiger partial charge is 0.489 e. The minimum absolute atomic E-state index is 0.0804. The Balaban J connectivity index is 1.55. The third kappa shape index (κ3) is 5.18. The van der Waals surface area contributed by atoms with E-state index < -0.39 is 4.92 Å². The van der Waals surface area contributed by atoms with Gasteiger partial charge in [-0.05, 0) is 48.0 Å². The summed E-state index contributed by atoms with van der Waals surface area (Å²) in [4.78, 5) is 14.0. The topological polar surface area (TPSA) is 89.7 Å². The monoisotopic (exact) mass is 416 g/mol. The molecule has 1 heterocycles. The molecule has 0 aliphatic rings. The number of hydrogen-bond donors (Lipinski definition) is 1. The molecule has 0 fully saturated rings. The number of hydrazone groups is 1. The van der Waals surface area contributed by atoms with E-state index in [0.29, 0.717) is 21.6 Å². The number of nitrogens with one attached hydrogen (secondary N) is 1. The Morgan fingerprint density at radius 1 is 1.11 bits per heavy atom. The van der Waals surface area contributed by atoms with Crippen LogP contribution in [0.5, 0.6) is 5.75 Å². The average molecular weight is 417 g/mol. The third-order valence-corrected chi connectivity index (χ3v) is 4.38. The summed E-state index contributed by atoms with van der Waals surface area (Å²) in [6.45, 7) is 0.263. The molecule has 0 atom stereocenters. The first-order valence-electron chi connectivity index (χ1n) is 8.08. The highest BCUT2D eigenvalue weighted by Gasteiger charge is 2.06. The van der Waals surface area contributed by atoms with Gasteiger partial charge in [-0.15, -0.1) is 0 Å². The fourth-order valence-corrected chi connectivity index (χ4v) is 2.72. The van der Waals surface area contributed by atoms with E-state index >= 15 is 0 Å². The van der Waals surface area contributed by atoms with Crippen molar-refractivity contribution in [3.63, 3.8) is 0 Å². The molecule has 3 rings (SSSR count). The van der Waals surface area contributed by atoms with Crippen molar-refractivity contribution in [3.8, 4) is 5.75 Å². The lowest BCUT2D eigenvalue weighted by Crippen LogP contribution is -1.98. The number of pyridine rings is 1. The molecular weight excluding hydrogens is 403 g/mol. The molecule has 0 bridgehead atoms. The predicted octanol–water partition coefficient (Wildman–Crippen LogP) is 5.32. The second-order valence-corrected chi connectivity index (χ2v) is 6.40. The van der Waals surface area contributed by atoms with E-state index in [2.05, 4.69) is 15.5 Å². The molecule has 28 heavy (non-hydrogen) atoms. The van der Waals surface area contributed by atoms with E-state index in [0.717, 1.165) is 17.3 Å². The Bertz CT molecular complexity index is 973. The number of anilines is 1. The quantitative estimate of drug-likeness (QED) is 0.319. The van der Waals surface area contributed by atoms with Gasteiger partial charge in [0.2, 0.25) is 0 Å². The van der Waals surface area contributed by atoms with Crippen molar-refractivity contribution in [2.24, 2.45) is 5.10 Å². The van der Waals surface area contributed by atoms with Crippen molar-refractivity contribution < 1.29 is 9.66 Å². The number of aromatic nitrogens is 1. The van der Waals surface area contributed by atoms with E-state index in [1.807, 2.05) is 12.1 Å². The summed E-state index contributed by atoms with van der Waals surface area (Å²) in [6.07, 6.45) is 2.76. The van der Waals surface area contributed by atoms with Gasteiger partial charge in [-0.2, -0.15) is 5.10 Å². The first kappa shape index (κ1) is 19.6. The van der Waals surface area contributed by atoms with Crippen molar-refractivity contribution in [3.05, 3.63) is 92.1 Å². The Labute approximate surface area is 170 Å². The summed E-state index contributed by atoms with van der Waals surface area (Å²) in [6, 6.07) is 15.4. The lowest BCUT2D eigenvalue weighted by molar-refractivity contribution is -0.385. The van der Waals surface area contributed by atoms with Gasteiger partial charge < -0.3 is 4.74 Å². The molecule has 3 aromatic rings. The van der Waals surface area contributed by atoms with Crippen LogP contribution < -0.4 is 10.2 Å². The van der Waals surface area contributed by atoms with E-state index in [9.17, 15) is 10.1 Å². The maximum atomic E-state index is 10.6. The smallest absolute Gasteiger partial charge is 0.287 e. The van der Waals surface area contributed by atoms with Crippen LogP contribution in [0.25, 0.3) is 0 Å². The number of nitro groups is 1. The zero-order chi connectivity index (χ0) is 19.9. The maximum Gasteiger partial charge on any atom is 0.287 e. The van der Waals surface area contributed by atoms with E-state index in [1.54, 1.807) is 36.5 Å². The first-order valence-corrected chi connectivity index (χ1v) is 8.84. The lowest BCUT2D eigenvalue weighted by atomic mass is 10.2. The molecule has 142 valence electrons. The van der Waals surface area contributed by atoms with Crippen molar-refractivity contribution in [1.82, 2.24) is 4.98 Å². The van der Waals surface area contributed by atoms with Crippen LogP contribution in [-0.2, 0) is 6.61 Å². The fourth-order valence-electron chi connectivity index (χ4n) is 2.21. The second-order valence-electron chi connectivity index (χ2n) is 5.59. The van der Waals surface area contributed by atoms with Gasteiger partial charge in [-0.3, -0.25) is 15.5 Å². The Morgan fingerprint density at radius 3 is 2.43 bits per heavy atom. The molecule has 2 aromatic carbocycles. The van der Waals surface area contributed by atoms with Gasteiger partial charge in [-0.1, -0.05) is 29.3 Å². The fraction of sp³-hybridized carbons (Fsp3) is 0.0526. The molecule has 0 spiro atoms. The van der Waals surface area contributed by atoms with Gasteiger partial charge in [-0.25, -0.2) is 4.98 Å². The van der Waals surface area contributed by atoms with Gasteiger partial charge in [0.1, 0.15) is 24.4 Å². The molecule has 0 unspecified atom stereocenters. The van der Waals surface area contributed by atoms with Crippen LogP contribution in [-0.4, -0.2) is 16.1 Å². The van der Waals surface area contributed by atoms with Gasteiger partial charge >= 0.3 is 0 Å². The SMILES string of the molecule is O=[N+]([O-])c1ccc(N/N=C\c2ccc(OCc3c(Cl)cccc3Cl)cc2)nc1. The standard InChI is InChI=1S/C19H14Cl2N4O3/c20-17-2-1-3-18(21)16(17)12-28-15-7-4-13(5-8-15)10-23-24-19-9-6-14(11-22-19)25(26)27/h1-11H,12H2,(H,22,24)/b23-10-. The summed E-state index contributed by atoms with van der Waals surface area (Å²) in [5, 5.41) is 15.8. The average Bonchev–Trinajstić information content (AvgIpc) is 2.69. The van der Waals surface area contributed by atoms with Gasteiger partial charge in [0.15, 0.2) is 0 Å². The van der Waals surface area contributed by atoms with Crippen molar-refractivity contribution in [2.45, 2.75) is 6.61 Å². The van der Waals surface area contributed by atoms with Crippen LogP contribution in [0.4, 0.5) is 11.5 Å². The molecule has 1 N–H and O–H groups in total. The summed E-state index contributed by atoms with van der Waals surface area (Å²) in [5.74, 6) is 1.07. The molecule has 0 aliphatic heterocycles. The number of benzene rings is 2. The van der Waals surface area contributed by atoms with Gasteiger partial charge in [0.25, 0.3) is 5.69 Å². The number of ether oxygens (including phenoxy) is 1. The Morgan fingerprint density at radius 2 is 1.82 bits per heavy atom. The molecule has 9 heteroatoms. The van der Waals surface area contributed by atoms with Gasteiger partial charge in [0.05, 0.1) is 11.1 Å². The third-order valence-electron chi connectivity index (χ3n) is 3.68. The van der Waals surface area contributed by atoms with Crippen LogP contribution in [0.15, 0.2) is 65.9 Å². The summed E-state index contributed by atoms with van der Waals surface area (Å²) < 4.78 is 5.72. The molecule has 0 saturated carbocycles. The Kier molecular flexibility index (Phi) is 6.41. The predicted molar refractivity (Wildman–Crippen MR) is 109 cm³/mol. The molecule has 0 saturated heterocycles. The van der Waals surface area contributed by atoms with Crippen LogP contribution >= 0.6 is 23.2 Å². The molecule has 1 aromatic heterocycles. The van der Waals surface area contributed by atoms with Crippen molar-refractivity contribution in [2.75, 3.05) is 5.43 Å². The number of halogens is 2. The van der Waals surface area contributed by atoms with E-state index in [4.69, 9.17) is 27.9 Å². The molecule has 7 nitrogen and oxygen atoms in total. The van der Waals surface area contributed by atoms with E-state index in [-0.39, 0.29) is 12.3 Å². The molecule has 0 amide bonds.